The first-order chi connectivity index (χ1) is 7.67. The van der Waals surface area contributed by atoms with Crippen LogP contribution in [0.15, 0.2) is 28.3 Å². The zero-order valence-electron chi connectivity index (χ0n) is 9.23. The van der Waals surface area contributed by atoms with Gasteiger partial charge in [0, 0.05) is 4.90 Å². The van der Waals surface area contributed by atoms with Gasteiger partial charge in [-0.25, -0.2) is 0 Å². The summed E-state index contributed by atoms with van der Waals surface area (Å²) in [5.41, 5.74) is 2.47. The molecule has 1 atom stereocenters. The van der Waals surface area contributed by atoms with Crippen LogP contribution in [0.2, 0.25) is 0 Å². The molecule has 1 heterocycles. The molecule has 0 aliphatic carbocycles. The fraction of sp³-hybridized carbons (Fsp3) is 0.333. The topological polar surface area (TPSA) is 45.4 Å². The lowest BCUT2D eigenvalue weighted by molar-refractivity contribution is 0.125. The van der Waals surface area contributed by atoms with Gasteiger partial charge in [-0.1, -0.05) is 23.0 Å². The van der Waals surface area contributed by atoms with Gasteiger partial charge in [0.1, 0.15) is 11.1 Å². The number of rotatable bonds is 1. The van der Waals surface area contributed by atoms with Gasteiger partial charge in [0.05, 0.1) is 6.42 Å². The Hall–Kier alpha value is -1.47. The van der Waals surface area contributed by atoms with Crippen LogP contribution in [0.4, 0.5) is 0 Å². The van der Waals surface area contributed by atoms with Crippen LogP contribution in [0.3, 0.4) is 0 Å². The maximum absolute atomic E-state index is 8.68. The van der Waals surface area contributed by atoms with E-state index in [-0.39, 0.29) is 0 Å². The standard InChI is InChI=1S/C12H12N2OS/c1-8-3-9(2)5-11(4-8)16-12-6-10(7-13)15-14-12/h3-5,10H,6H2,1-2H3. The normalized spacial score (nSPS) is 18.8. The average molecular weight is 232 g/mol. The summed E-state index contributed by atoms with van der Waals surface area (Å²) in [4.78, 5) is 6.10. The van der Waals surface area contributed by atoms with Crippen LogP contribution in [0.1, 0.15) is 17.5 Å². The Labute approximate surface area is 99.1 Å². The zero-order chi connectivity index (χ0) is 11.5. The molecule has 0 saturated heterocycles. The van der Waals surface area contributed by atoms with Gasteiger partial charge in [-0.15, -0.1) is 0 Å². The lowest BCUT2D eigenvalue weighted by Crippen LogP contribution is -2.01. The summed E-state index contributed by atoms with van der Waals surface area (Å²) < 4.78 is 0. The molecule has 0 fully saturated rings. The molecule has 1 aliphatic heterocycles. The minimum absolute atomic E-state index is 0.409. The van der Waals surface area contributed by atoms with E-state index in [0.717, 1.165) is 9.94 Å². The van der Waals surface area contributed by atoms with Gasteiger partial charge in [-0.2, -0.15) is 5.26 Å². The number of hydrogen-bond donors (Lipinski definition) is 0. The summed E-state index contributed by atoms with van der Waals surface area (Å²) in [7, 11) is 0. The summed E-state index contributed by atoms with van der Waals surface area (Å²) >= 11 is 1.57. The van der Waals surface area contributed by atoms with E-state index in [1.807, 2.05) is 0 Å². The number of thioether (sulfide) groups is 1. The molecule has 4 heteroatoms. The van der Waals surface area contributed by atoms with Crippen molar-refractivity contribution in [3.05, 3.63) is 29.3 Å². The highest BCUT2D eigenvalue weighted by Gasteiger charge is 2.21. The molecule has 1 aromatic rings. The lowest BCUT2D eigenvalue weighted by atomic mass is 10.2. The van der Waals surface area contributed by atoms with Gasteiger partial charge in [-0.05, 0) is 37.1 Å². The van der Waals surface area contributed by atoms with E-state index in [0.29, 0.717) is 6.42 Å². The van der Waals surface area contributed by atoms with Crippen LogP contribution in [0.5, 0.6) is 0 Å². The number of nitriles is 1. The van der Waals surface area contributed by atoms with E-state index in [1.165, 1.54) is 11.1 Å². The summed E-state index contributed by atoms with van der Waals surface area (Å²) in [5, 5.41) is 13.5. The molecule has 1 unspecified atom stereocenters. The predicted octanol–water partition coefficient (Wildman–Crippen LogP) is 3.02. The van der Waals surface area contributed by atoms with E-state index in [1.54, 1.807) is 11.8 Å². The third kappa shape index (κ3) is 2.56. The largest absolute Gasteiger partial charge is 0.376 e. The van der Waals surface area contributed by atoms with Crippen molar-refractivity contribution in [3.63, 3.8) is 0 Å². The number of aryl methyl sites for hydroxylation is 2. The van der Waals surface area contributed by atoms with Crippen molar-refractivity contribution in [3.8, 4) is 6.07 Å². The fourth-order valence-electron chi connectivity index (χ4n) is 1.61. The van der Waals surface area contributed by atoms with Crippen LogP contribution in [-0.2, 0) is 4.84 Å². The molecular formula is C12H12N2OS. The molecule has 1 aromatic carbocycles. The summed E-state index contributed by atoms with van der Waals surface area (Å²) in [6.45, 7) is 4.14. The molecule has 1 aliphatic rings. The van der Waals surface area contributed by atoms with Gasteiger partial charge >= 0.3 is 0 Å². The molecule has 16 heavy (non-hydrogen) atoms. The Morgan fingerprint density at radius 1 is 1.38 bits per heavy atom. The molecule has 82 valence electrons. The van der Waals surface area contributed by atoms with Crippen LogP contribution >= 0.6 is 11.8 Å². The molecular weight excluding hydrogens is 220 g/mol. The molecule has 0 amide bonds. The maximum Gasteiger partial charge on any atom is 0.218 e. The van der Waals surface area contributed by atoms with E-state index >= 15 is 0 Å². The SMILES string of the molecule is Cc1cc(C)cc(SC2=NOC(C#N)C2)c1. The van der Waals surface area contributed by atoms with Crippen LogP contribution in [0.25, 0.3) is 0 Å². The second-order valence-corrected chi connectivity index (χ2v) is 4.98. The van der Waals surface area contributed by atoms with Gasteiger partial charge in [0.15, 0.2) is 0 Å². The Bertz CT molecular complexity index is 456. The second kappa shape index (κ2) is 4.58. The highest BCUT2D eigenvalue weighted by Crippen LogP contribution is 2.27. The molecule has 0 saturated carbocycles. The molecule has 0 N–H and O–H groups in total. The predicted molar refractivity (Wildman–Crippen MR) is 64.3 cm³/mol. The van der Waals surface area contributed by atoms with Crippen molar-refractivity contribution in [2.45, 2.75) is 31.3 Å². The first-order valence-corrected chi connectivity index (χ1v) is 5.87. The number of benzene rings is 1. The minimum atomic E-state index is -0.409. The highest BCUT2D eigenvalue weighted by molar-refractivity contribution is 8.14. The Morgan fingerprint density at radius 2 is 2.06 bits per heavy atom. The van der Waals surface area contributed by atoms with Crippen LogP contribution < -0.4 is 0 Å². The van der Waals surface area contributed by atoms with Crippen LogP contribution in [-0.4, -0.2) is 11.1 Å². The fourth-order valence-corrected chi connectivity index (χ4v) is 2.69. The van der Waals surface area contributed by atoms with Crippen molar-refractivity contribution in [2.75, 3.05) is 0 Å². The quantitative estimate of drug-likeness (QED) is 0.747. The second-order valence-electron chi connectivity index (χ2n) is 3.84. The van der Waals surface area contributed by atoms with Crippen molar-refractivity contribution in [2.24, 2.45) is 5.16 Å². The molecule has 2 rings (SSSR count). The average Bonchev–Trinajstić information content (AvgIpc) is 2.64. The first-order valence-electron chi connectivity index (χ1n) is 5.06. The van der Waals surface area contributed by atoms with E-state index in [4.69, 9.17) is 10.1 Å². The molecule has 0 radical (unpaired) electrons. The van der Waals surface area contributed by atoms with Gasteiger partial charge < -0.3 is 4.84 Å². The van der Waals surface area contributed by atoms with Gasteiger partial charge in [0.2, 0.25) is 6.10 Å². The van der Waals surface area contributed by atoms with Crippen molar-refractivity contribution in [1.82, 2.24) is 0 Å². The summed E-state index contributed by atoms with van der Waals surface area (Å²) in [5.74, 6) is 0. The zero-order valence-corrected chi connectivity index (χ0v) is 10.0. The number of hydrogen-bond acceptors (Lipinski definition) is 4. The molecule has 0 aromatic heterocycles. The van der Waals surface area contributed by atoms with Crippen molar-refractivity contribution >= 4 is 16.8 Å². The van der Waals surface area contributed by atoms with E-state index in [2.05, 4.69) is 43.3 Å². The molecule has 3 nitrogen and oxygen atoms in total. The summed E-state index contributed by atoms with van der Waals surface area (Å²) in [6, 6.07) is 8.41. The Kier molecular flexibility index (Phi) is 3.16. The third-order valence-electron chi connectivity index (χ3n) is 2.22. The van der Waals surface area contributed by atoms with E-state index in [9.17, 15) is 0 Å². The number of nitrogens with zero attached hydrogens (tertiary/aromatic N) is 2. The molecule has 0 spiro atoms. The van der Waals surface area contributed by atoms with Crippen molar-refractivity contribution in [1.29, 1.82) is 5.26 Å². The number of oxime groups is 1. The third-order valence-corrected chi connectivity index (χ3v) is 3.16. The first kappa shape index (κ1) is 11.0. The molecule has 0 bridgehead atoms. The Balaban J connectivity index is 2.08. The van der Waals surface area contributed by atoms with Crippen LogP contribution in [0, 0.1) is 25.2 Å². The van der Waals surface area contributed by atoms with Crippen molar-refractivity contribution < 1.29 is 4.84 Å². The minimum Gasteiger partial charge on any atom is -0.376 e. The summed E-state index contributed by atoms with van der Waals surface area (Å²) in [6.07, 6.45) is 0.183. The lowest BCUT2D eigenvalue weighted by Gasteiger charge is -2.03. The maximum atomic E-state index is 8.68. The van der Waals surface area contributed by atoms with Gasteiger partial charge in [0.25, 0.3) is 0 Å². The Morgan fingerprint density at radius 3 is 2.62 bits per heavy atom. The smallest absolute Gasteiger partial charge is 0.218 e. The highest BCUT2D eigenvalue weighted by atomic mass is 32.2. The van der Waals surface area contributed by atoms with Gasteiger partial charge in [-0.3, -0.25) is 0 Å². The monoisotopic (exact) mass is 232 g/mol. The van der Waals surface area contributed by atoms with E-state index < -0.39 is 6.10 Å².